The standard InChI is InChI=1S/C12H16N4O4S/c1-9(17)12-8-16(15-14-12)6-7-20-10-2-4-11(5-3-10)21(13,18)19/h2-5,8-9,17H,6-7H2,1H3,(H2,13,18,19). The summed E-state index contributed by atoms with van der Waals surface area (Å²) in [6, 6.07) is 5.82. The fourth-order valence-corrected chi connectivity index (χ4v) is 2.11. The van der Waals surface area contributed by atoms with Crippen molar-refractivity contribution in [3.05, 3.63) is 36.2 Å². The smallest absolute Gasteiger partial charge is 0.238 e. The molecular formula is C12H16N4O4S. The van der Waals surface area contributed by atoms with Crippen LogP contribution >= 0.6 is 0 Å². The molecule has 0 aliphatic carbocycles. The van der Waals surface area contributed by atoms with E-state index < -0.39 is 16.1 Å². The molecule has 114 valence electrons. The molecule has 9 heteroatoms. The Hall–Kier alpha value is -1.97. The fraction of sp³-hybridized carbons (Fsp3) is 0.333. The number of aliphatic hydroxyl groups is 1. The van der Waals surface area contributed by atoms with Crippen molar-refractivity contribution in [3.8, 4) is 5.75 Å². The van der Waals surface area contributed by atoms with Gasteiger partial charge in [-0.15, -0.1) is 5.10 Å². The topological polar surface area (TPSA) is 120 Å². The molecule has 0 aliphatic rings. The highest BCUT2D eigenvalue weighted by molar-refractivity contribution is 7.89. The number of benzene rings is 1. The Morgan fingerprint density at radius 1 is 1.38 bits per heavy atom. The molecule has 21 heavy (non-hydrogen) atoms. The summed E-state index contributed by atoms with van der Waals surface area (Å²) in [6.07, 6.45) is 0.975. The minimum absolute atomic E-state index is 0.0349. The van der Waals surface area contributed by atoms with E-state index in [2.05, 4.69) is 10.3 Å². The van der Waals surface area contributed by atoms with Crippen LogP contribution in [0.4, 0.5) is 0 Å². The van der Waals surface area contributed by atoms with Crippen LogP contribution in [0.2, 0.25) is 0 Å². The van der Waals surface area contributed by atoms with Crippen LogP contribution in [0, 0.1) is 0 Å². The Bertz CT molecular complexity index is 694. The summed E-state index contributed by atoms with van der Waals surface area (Å²) < 4.78 is 29.2. The zero-order chi connectivity index (χ0) is 15.5. The van der Waals surface area contributed by atoms with Gasteiger partial charge in [0.2, 0.25) is 10.0 Å². The SMILES string of the molecule is CC(O)c1cn(CCOc2ccc(S(N)(=O)=O)cc2)nn1. The van der Waals surface area contributed by atoms with Crippen molar-refractivity contribution < 1.29 is 18.3 Å². The van der Waals surface area contributed by atoms with E-state index in [1.54, 1.807) is 17.8 Å². The van der Waals surface area contributed by atoms with E-state index >= 15 is 0 Å². The van der Waals surface area contributed by atoms with Gasteiger partial charge >= 0.3 is 0 Å². The molecule has 0 bridgehead atoms. The number of ether oxygens (including phenoxy) is 1. The predicted molar refractivity (Wildman–Crippen MR) is 74.0 cm³/mol. The largest absolute Gasteiger partial charge is 0.492 e. The van der Waals surface area contributed by atoms with Crippen LogP contribution in [0.5, 0.6) is 5.75 Å². The van der Waals surface area contributed by atoms with E-state index in [1.807, 2.05) is 0 Å². The molecule has 1 heterocycles. The summed E-state index contributed by atoms with van der Waals surface area (Å²) in [5.74, 6) is 0.526. The molecule has 2 aromatic rings. The summed E-state index contributed by atoms with van der Waals surface area (Å²) >= 11 is 0. The molecule has 0 aliphatic heterocycles. The van der Waals surface area contributed by atoms with Crippen molar-refractivity contribution in [2.24, 2.45) is 5.14 Å². The van der Waals surface area contributed by atoms with Crippen LogP contribution in [0.1, 0.15) is 18.7 Å². The average molecular weight is 312 g/mol. The van der Waals surface area contributed by atoms with Gasteiger partial charge in [0.25, 0.3) is 0 Å². The molecule has 3 N–H and O–H groups in total. The second kappa shape index (κ2) is 6.20. The zero-order valence-electron chi connectivity index (χ0n) is 11.4. The van der Waals surface area contributed by atoms with Crippen molar-refractivity contribution in [2.45, 2.75) is 24.5 Å². The molecule has 1 aromatic heterocycles. The second-order valence-corrected chi connectivity index (χ2v) is 6.01. The van der Waals surface area contributed by atoms with Crippen LogP contribution in [-0.4, -0.2) is 35.1 Å². The van der Waals surface area contributed by atoms with Gasteiger partial charge in [-0.3, -0.25) is 0 Å². The molecule has 0 fully saturated rings. The molecule has 0 saturated heterocycles. The minimum Gasteiger partial charge on any atom is -0.492 e. The second-order valence-electron chi connectivity index (χ2n) is 4.45. The molecule has 2 rings (SSSR count). The summed E-state index contributed by atoms with van der Waals surface area (Å²) in [4.78, 5) is 0.0349. The fourth-order valence-electron chi connectivity index (χ4n) is 1.60. The Labute approximate surface area is 122 Å². The number of rotatable bonds is 6. The highest BCUT2D eigenvalue weighted by Gasteiger charge is 2.08. The van der Waals surface area contributed by atoms with E-state index in [1.165, 1.54) is 24.3 Å². The first-order chi connectivity index (χ1) is 9.86. The lowest BCUT2D eigenvalue weighted by molar-refractivity contribution is 0.194. The average Bonchev–Trinajstić information content (AvgIpc) is 2.87. The highest BCUT2D eigenvalue weighted by Crippen LogP contribution is 2.14. The van der Waals surface area contributed by atoms with Gasteiger partial charge in [0.15, 0.2) is 0 Å². The lowest BCUT2D eigenvalue weighted by Crippen LogP contribution is -2.12. The first-order valence-corrected chi connectivity index (χ1v) is 7.74. The van der Waals surface area contributed by atoms with Crippen molar-refractivity contribution in [1.29, 1.82) is 0 Å². The molecule has 0 radical (unpaired) electrons. The van der Waals surface area contributed by atoms with Crippen LogP contribution < -0.4 is 9.88 Å². The maximum Gasteiger partial charge on any atom is 0.238 e. The van der Waals surface area contributed by atoms with Gasteiger partial charge in [-0.25, -0.2) is 18.2 Å². The Morgan fingerprint density at radius 3 is 2.57 bits per heavy atom. The first kappa shape index (κ1) is 15.4. The maximum atomic E-state index is 11.1. The molecule has 0 saturated carbocycles. The van der Waals surface area contributed by atoms with Crippen molar-refractivity contribution >= 4 is 10.0 Å². The van der Waals surface area contributed by atoms with Crippen LogP contribution in [-0.2, 0) is 16.6 Å². The minimum atomic E-state index is -3.69. The summed E-state index contributed by atoms with van der Waals surface area (Å²) in [5, 5.41) is 22.0. The number of sulfonamides is 1. The van der Waals surface area contributed by atoms with E-state index in [0.717, 1.165) is 0 Å². The molecular weight excluding hydrogens is 296 g/mol. The van der Waals surface area contributed by atoms with Gasteiger partial charge in [0.05, 0.1) is 23.7 Å². The summed E-state index contributed by atoms with van der Waals surface area (Å²) in [7, 11) is -3.69. The Balaban J connectivity index is 1.88. The third-order valence-corrected chi connectivity index (χ3v) is 3.66. The summed E-state index contributed by atoms with van der Waals surface area (Å²) in [6.45, 7) is 2.39. The third-order valence-electron chi connectivity index (χ3n) is 2.73. The van der Waals surface area contributed by atoms with Crippen molar-refractivity contribution in [3.63, 3.8) is 0 Å². The first-order valence-electron chi connectivity index (χ1n) is 6.20. The van der Waals surface area contributed by atoms with Gasteiger partial charge in [-0.1, -0.05) is 5.21 Å². The van der Waals surface area contributed by atoms with Crippen LogP contribution in [0.3, 0.4) is 0 Å². The Morgan fingerprint density at radius 2 is 2.05 bits per heavy atom. The Kier molecular flexibility index (Phi) is 4.56. The number of aliphatic hydroxyl groups excluding tert-OH is 1. The molecule has 1 unspecified atom stereocenters. The van der Waals surface area contributed by atoms with Gasteiger partial charge < -0.3 is 9.84 Å². The monoisotopic (exact) mass is 312 g/mol. The quantitative estimate of drug-likeness (QED) is 0.778. The molecule has 0 spiro atoms. The molecule has 1 aromatic carbocycles. The number of hydrogen-bond acceptors (Lipinski definition) is 6. The number of nitrogens with zero attached hydrogens (tertiary/aromatic N) is 3. The van der Waals surface area contributed by atoms with Crippen LogP contribution in [0.15, 0.2) is 35.4 Å². The molecule has 1 atom stereocenters. The lowest BCUT2D eigenvalue weighted by atomic mass is 10.3. The maximum absolute atomic E-state index is 11.1. The van der Waals surface area contributed by atoms with E-state index in [9.17, 15) is 13.5 Å². The number of aromatic nitrogens is 3. The zero-order valence-corrected chi connectivity index (χ0v) is 12.2. The molecule has 8 nitrogen and oxygen atoms in total. The molecule has 0 amide bonds. The van der Waals surface area contributed by atoms with Crippen molar-refractivity contribution in [2.75, 3.05) is 6.61 Å². The summed E-state index contributed by atoms with van der Waals surface area (Å²) in [5.41, 5.74) is 0.493. The highest BCUT2D eigenvalue weighted by atomic mass is 32.2. The predicted octanol–water partition coefficient (Wildman–Crippen LogP) is 0.0578. The third kappa shape index (κ3) is 4.25. The van der Waals surface area contributed by atoms with E-state index in [4.69, 9.17) is 9.88 Å². The number of hydrogen-bond donors (Lipinski definition) is 2. The van der Waals surface area contributed by atoms with E-state index in [0.29, 0.717) is 24.6 Å². The van der Waals surface area contributed by atoms with Gasteiger partial charge in [0.1, 0.15) is 18.1 Å². The van der Waals surface area contributed by atoms with Crippen LogP contribution in [0.25, 0.3) is 0 Å². The van der Waals surface area contributed by atoms with Gasteiger partial charge in [0, 0.05) is 0 Å². The normalized spacial score (nSPS) is 13.1. The lowest BCUT2D eigenvalue weighted by Gasteiger charge is -2.06. The van der Waals surface area contributed by atoms with Gasteiger partial charge in [-0.2, -0.15) is 0 Å². The van der Waals surface area contributed by atoms with E-state index in [-0.39, 0.29) is 4.90 Å². The number of nitrogens with two attached hydrogens (primary N) is 1. The van der Waals surface area contributed by atoms with Crippen molar-refractivity contribution in [1.82, 2.24) is 15.0 Å². The number of primary sulfonamides is 1. The van der Waals surface area contributed by atoms with Gasteiger partial charge in [-0.05, 0) is 31.2 Å².